The van der Waals surface area contributed by atoms with Crippen LogP contribution >= 0.6 is 0 Å². The molecule has 2 aromatic heterocycles. The first-order chi connectivity index (χ1) is 21.1. The van der Waals surface area contributed by atoms with Crippen LogP contribution in [-0.2, 0) is 44.4 Å². The van der Waals surface area contributed by atoms with Gasteiger partial charge < -0.3 is 14.2 Å². The van der Waals surface area contributed by atoms with E-state index in [1.165, 1.54) is 17.0 Å². The molecule has 4 aromatic rings. The van der Waals surface area contributed by atoms with Crippen molar-refractivity contribution in [1.82, 2.24) is 14.1 Å². The molecule has 0 spiro atoms. The monoisotopic (exact) mass is 804 g/mol. The molecule has 0 atom stereocenters. The minimum Gasteiger partial charge on any atom is -0.512 e. The van der Waals surface area contributed by atoms with Gasteiger partial charge in [0.2, 0.25) is 5.62 Å². The number of imidazole rings is 1. The zero-order valence-corrected chi connectivity index (χ0v) is 32.5. The number of aliphatic hydroxyl groups is 1. The molecular weight excluding hydrogens is 749 g/mol. The van der Waals surface area contributed by atoms with Gasteiger partial charge >= 0.3 is 0 Å². The van der Waals surface area contributed by atoms with Gasteiger partial charge in [0.05, 0.1) is 22.3 Å². The molecule has 0 aliphatic heterocycles. The Bertz CT molecular complexity index is 1720. The molecule has 1 radical (unpaired) electrons. The molecular formula is C39H55IrN4O2-. The molecule has 0 amide bonds. The van der Waals surface area contributed by atoms with Crippen molar-refractivity contribution >= 4 is 27.6 Å². The predicted molar refractivity (Wildman–Crippen MR) is 189 cm³/mol. The van der Waals surface area contributed by atoms with Crippen LogP contribution in [0.4, 0.5) is 0 Å². The molecule has 253 valence electrons. The number of hydrogen-bond acceptors (Lipinski definition) is 4. The van der Waals surface area contributed by atoms with E-state index < -0.39 is 0 Å². The van der Waals surface area contributed by atoms with Crippen molar-refractivity contribution in [3.05, 3.63) is 71.7 Å². The number of nitrogens with zero attached hydrogens (tertiary/aromatic N) is 4. The molecule has 7 heteroatoms. The standard InChI is InChI=1S/C26H31N4.C13H24O2.Ir/c1-25(2,3)20-16-18(15-17-11-9-10-12-19(17)20)22-23-21(13-14-27-22)29(7)24(30(23)8)28-26(4,5)6;1-5-10(6-2)12(14)9-13(15)11(7-3)8-4;/h9-14,16H,1-8H3;9-11,14H,5-8H2,1-4H3;/q-1;;/b;12-9-;. The van der Waals surface area contributed by atoms with E-state index in [4.69, 9.17) is 9.98 Å². The number of hydrogen-bond donors (Lipinski definition) is 1. The van der Waals surface area contributed by atoms with Crippen molar-refractivity contribution in [2.75, 3.05) is 0 Å². The number of pyridine rings is 1. The first-order valence-electron chi connectivity index (χ1n) is 16.5. The summed E-state index contributed by atoms with van der Waals surface area (Å²) in [5, 5.41) is 12.1. The molecule has 0 unspecified atom stereocenters. The number of aliphatic hydroxyl groups excluding tert-OH is 1. The van der Waals surface area contributed by atoms with Gasteiger partial charge in [-0.15, -0.1) is 29.1 Å². The minimum absolute atomic E-state index is 0. The molecule has 2 heterocycles. The van der Waals surface area contributed by atoms with Crippen LogP contribution in [0, 0.1) is 17.9 Å². The van der Waals surface area contributed by atoms with Crippen molar-refractivity contribution < 1.29 is 30.0 Å². The molecule has 0 saturated carbocycles. The van der Waals surface area contributed by atoms with Crippen molar-refractivity contribution in [1.29, 1.82) is 0 Å². The summed E-state index contributed by atoms with van der Waals surface area (Å²) in [6, 6.07) is 16.5. The summed E-state index contributed by atoms with van der Waals surface area (Å²) in [7, 11) is 4.14. The largest absolute Gasteiger partial charge is 0.512 e. The zero-order valence-electron chi connectivity index (χ0n) is 30.1. The Balaban J connectivity index is 0.000000394. The maximum Gasteiger partial charge on any atom is 0.205 e. The fourth-order valence-electron chi connectivity index (χ4n) is 5.88. The van der Waals surface area contributed by atoms with Gasteiger partial charge in [-0.3, -0.25) is 9.78 Å². The van der Waals surface area contributed by atoms with Crippen LogP contribution in [0.2, 0.25) is 0 Å². The number of ketones is 1. The molecule has 46 heavy (non-hydrogen) atoms. The molecule has 6 nitrogen and oxygen atoms in total. The second-order valence-corrected chi connectivity index (χ2v) is 14.1. The van der Waals surface area contributed by atoms with E-state index in [2.05, 4.69) is 107 Å². The van der Waals surface area contributed by atoms with Crippen LogP contribution < -0.4 is 5.62 Å². The number of rotatable bonds is 8. The van der Waals surface area contributed by atoms with Gasteiger partial charge in [-0.25, -0.2) is 4.99 Å². The van der Waals surface area contributed by atoms with Crippen LogP contribution in [0.5, 0.6) is 0 Å². The summed E-state index contributed by atoms with van der Waals surface area (Å²) in [5.74, 6) is 0.547. The van der Waals surface area contributed by atoms with Crippen molar-refractivity contribution in [2.24, 2.45) is 30.9 Å². The van der Waals surface area contributed by atoms with Crippen LogP contribution in [0.1, 0.15) is 100 Å². The van der Waals surface area contributed by atoms with E-state index in [-0.39, 0.29) is 54.4 Å². The maximum absolute atomic E-state index is 11.7. The maximum atomic E-state index is 11.7. The second-order valence-electron chi connectivity index (χ2n) is 14.1. The van der Waals surface area contributed by atoms with Gasteiger partial charge in [0.15, 0.2) is 5.78 Å². The summed E-state index contributed by atoms with van der Waals surface area (Å²) in [6.07, 6.45) is 6.79. The summed E-state index contributed by atoms with van der Waals surface area (Å²) in [6.45, 7) is 21.2. The third-order valence-corrected chi connectivity index (χ3v) is 8.56. The zero-order chi connectivity index (χ0) is 33.7. The topological polar surface area (TPSA) is 72.4 Å². The Morgan fingerprint density at radius 1 is 0.935 bits per heavy atom. The Morgan fingerprint density at radius 2 is 1.52 bits per heavy atom. The van der Waals surface area contributed by atoms with E-state index >= 15 is 0 Å². The average Bonchev–Trinajstić information content (AvgIpc) is 3.21. The fourth-order valence-corrected chi connectivity index (χ4v) is 5.88. The molecule has 0 aliphatic rings. The number of allylic oxidation sites excluding steroid dienone is 2. The van der Waals surface area contributed by atoms with Crippen LogP contribution in [0.15, 0.2) is 59.4 Å². The van der Waals surface area contributed by atoms with Crippen LogP contribution in [0.3, 0.4) is 0 Å². The van der Waals surface area contributed by atoms with Crippen molar-refractivity contribution in [2.45, 2.75) is 106 Å². The third-order valence-electron chi connectivity index (χ3n) is 8.56. The first-order valence-corrected chi connectivity index (χ1v) is 16.5. The second kappa shape index (κ2) is 16.2. The fraction of sp³-hybridized carbons (Fsp3) is 0.513. The van der Waals surface area contributed by atoms with Gasteiger partial charge in [-0.05, 0) is 57.9 Å². The smallest absolute Gasteiger partial charge is 0.205 e. The average molecular weight is 804 g/mol. The molecule has 0 bridgehead atoms. The van der Waals surface area contributed by atoms with E-state index in [1.54, 1.807) is 0 Å². The van der Waals surface area contributed by atoms with E-state index in [0.29, 0.717) is 0 Å². The van der Waals surface area contributed by atoms with Crippen molar-refractivity contribution in [3.8, 4) is 11.3 Å². The Kier molecular flexibility index (Phi) is 13.8. The van der Waals surface area contributed by atoms with Gasteiger partial charge in [0.1, 0.15) is 0 Å². The van der Waals surface area contributed by atoms with E-state index in [1.807, 2.05) is 33.9 Å². The molecule has 0 fully saturated rings. The number of carbonyl (C=O) groups excluding carboxylic acids is 1. The first kappa shape index (κ1) is 39.2. The number of benzene rings is 2. The Labute approximate surface area is 290 Å². The van der Waals surface area contributed by atoms with E-state index in [9.17, 15) is 9.90 Å². The Morgan fingerprint density at radius 3 is 2.07 bits per heavy atom. The number of aromatic nitrogens is 3. The SMILES string of the molecule is CCC(CC)C(=O)/C=C(\O)C(CC)CC.Cn1c(=NC(C)(C)C)n(C)c2c(-c3[c-]c4ccccc4c(C(C)(C)C)c3)nccc21.[Ir]. The van der Waals surface area contributed by atoms with Gasteiger partial charge in [-0.2, -0.15) is 0 Å². The number of fused-ring (bicyclic) bond motifs is 2. The van der Waals surface area contributed by atoms with Gasteiger partial charge in [0, 0.05) is 64.0 Å². The summed E-state index contributed by atoms with van der Waals surface area (Å²) in [5.41, 5.74) is 6.25. The summed E-state index contributed by atoms with van der Waals surface area (Å²) < 4.78 is 4.31. The van der Waals surface area contributed by atoms with Gasteiger partial charge in [-0.1, -0.05) is 77.6 Å². The minimum atomic E-state index is -0.165. The normalized spacial score (nSPS) is 12.9. The predicted octanol–water partition coefficient (Wildman–Crippen LogP) is 9.40. The molecule has 2 aromatic carbocycles. The summed E-state index contributed by atoms with van der Waals surface area (Å²) >= 11 is 0. The molecule has 0 aliphatic carbocycles. The molecule has 4 rings (SSSR count). The quantitative estimate of drug-likeness (QED) is 0.110. The molecule has 1 N–H and O–H groups in total. The number of carbonyl (C=O) groups is 1. The third kappa shape index (κ3) is 9.07. The van der Waals surface area contributed by atoms with Crippen LogP contribution in [-0.4, -0.2) is 30.5 Å². The Hall–Kier alpha value is -3.02. The van der Waals surface area contributed by atoms with Crippen LogP contribution in [0.25, 0.3) is 33.1 Å². The van der Waals surface area contributed by atoms with Crippen molar-refractivity contribution in [3.63, 3.8) is 0 Å². The van der Waals surface area contributed by atoms with E-state index in [0.717, 1.165) is 59.0 Å². The summed E-state index contributed by atoms with van der Waals surface area (Å²) in [4.78, 5) is 21.5. The van der Waals surface area contributed by atoms with Gasteiger partial charge in [0.25, 0.3) is 0 Å². The molecule has 0 saturated heterocycles. The number of aryl methyl sites for hydroxylation is 2.